The van der Waals surface area contributed by atoms with Gasteiger partial charge in [0.1, 0.15) is 0 Å². The molecule has 2 aromatic carbocycles. The summed E-state index contributed by atoms with van der Waals surface area (Å²) < 4.78 is 0. The van der Waals surface area contributed by atoms with Crippen LogP contribution in [0.25, 0.3) is 0 Å². The minimum atomic E-state index is -0.202. The van der Waals surface area contributed by atoms with Gasteiger partial charge in [0.15, 0.2) is 0 Å². The molecule has 1 atom stereocenters. The molecular weight excluding hydrogens is 428 g/mol. The number of likely N-dealkylation sites (N-methyl/N-ethyl adjacent to an activating group) is 1. The lowest BCUT2D eigenvalue weighted by molar-refractivity contribution is -0.124. The van der Waals surface area contributed by atoms with Gasteiger partial charge in [-0.3, -0.25) is 19.3 Å². The van der Waals surface area contributed by atoms with Crippen LogP contribution >= 0.6 is 0 Å². The smallest absolute Gasteiger partial charge is 0.238 e. The maximum atomic E-state index is 12.8. The number of nitrogens with one attached hydrogen (secondary N) is 3. The number of carbonyl (C=O) groups is 3. The number of benzene rings is 2. The molecule has 0 aliphatic carbocycles. The summed E-state index contributed by atoms with van der Waals surface area (Å²) in [5.74, 6) is 0.224. The molecule has 0 fully saturated rings. The molecule has 0 aliphatic rings. The van der Waals surface area contributed by atoms with Crippen molar-refractivity contribution in [1.29, 1.82) is 0 Å². The number of nitrogens with zero attached hydrogens (tertiary/aromatic N) is 1. The molecule has 3 amide bonds. The fraction of sp³-hybridized carbons (Fsp3) is 0.444. The van der Waals surface area contributed by atoms with Crippen molar-refractivity contribution in [1.82, 2.24) is 10.2 Å². The molecule has 0 saturated carbocycles. The minimum Gasteiger partial charge on any atom is -0.348 e. The predicted octanol–water partition coefficient (Wildman–Crippen LogP) is 4.54. The topological polar surface area (TPSA) is 90.5 Å². The van der Waals surface area contributed by atoms with E-state index in [0.29, 0.717) is 23.8 Å². The molecule has 34 heavy (non-hydrogen) atoms. The second-order valence-corrected chi connectivity index (χ2v) is 9.22. The fourth-order valence-corrected chi connectivity index (χ4v) is 3.67. The van der Waals surface area contributed by atoms with Gasteiger partial charge in [-0.1, -0.05) is 58.9 Å². The SMILES string of the molecule is CCN(CC(=O)Nc1ccc(NC(C)=O)cc1)CC(=O)NC(c1ccc(C(C)C)cc1)C(C)C. The first-order valence-corrected chi connectivity index (χ1v) is 11.9. The summed E-state index contributed by atoms with van der Waals surface area (Å²) >= 11 is 0. The number of hydrogen-bond donors (Lipinski definition) is 3. The molecule has 3 N–H and O–H groups in total. The van der Waals surface area contributed by atoms with Gasteiger partial charge in [0.05, 0.1) is 19.1 Å². The Bertz CT molecular complexity index is 953. The van der Waals surface area contributed by atoms with E-state index >= 15 is 0 Å². The summed E-state index contributed by atoms with van der Waals surface area (Å²) in [7, 11) is 0. The molecule has 7 nitrogen and oxygen atoms in total. The minimum absolute atomic E-state index is 0.0941. The summed E-state index contributed by atoms with van der Waals surface area (Å²) in [4.78, 5) is 38.3. The van der Waals surface area contributed by atoms with E-state index in [1.807, 2.05) is 6.92 Å². The first-order chi connectivity index (χ1) is 16.1. The predicted molar refractivity (Wildman–Crippen MR) is 138 cm³/mol. The lowest BCUT2D eigenvalue weighted by Crippen LogP contribution is -2.42. The van der Waals surface area contributed by atoms with Crippen LogP contribution in [0.4, 0.5) is 11.4 Å². The number of carbonyl (C=O) groups excluding carboxylic acids is 3. The Labute approximate surface area is 203 Å². The quantitative estimate of drug-likeness (QED) is 0.453. The maximum Gasteiger partial charge on any atom is 0.238 e. The van der Waals surface area contributed by atoms with E-state index in [0.717, 1.165) is 5.56 Å². The van der Waals surface area contributed by atoms with Crippen LogP contribution in [-0.4, -0.2) is 42.3 Å². The molecule has 0 heterocycles. The van der Waals surface area contributed by atoms with Gasteiger partial charge in [0.2, 0.25) is 17.7 Å². The summed E-state index contributed by atoms with van der Waals surface area (Å²) in [6.45, 7) is 12.7. The molecule has 184 valence electrons. The highest BCUT2D eigenvalue weighted by atomic mass is 16.2. The Kier molecular flexibility index (Phi) is 10.3. The van der Waals surface area contributed by atoms with Crippen LogP contribution in [0.5, 0.6) is 0 Å². The zero-order valence-corrected chi connectivity index (χ0v) is 21.1. The summed E-state index contributed by atoms with van der Waals surface area (Å²) in [5, 5.41) is 8.67. The van der Waals surface area contributed by atoms with E-state index in [2.05, 4.69) is 67.9 Å². The van der Waals surface area contributed by atoms with E-state index in [1.165, 1.54) is 12.5 Å². The summed E-state index contributed by atoms with van der Waals surface area (Å²) in [5.41, 5.74) is 3.64. The molecule has 0 aliphatic heterocycles. The average Bonchev–Trinajstić information content (AvgIpc) is 2.77. The largest absolute Gasteiger partial charge is 0.348 e. The van der Waals surface area contributed by atoms with Gasteiger partial charge >= 0.3 is 0 Å². The molecule has 1 unspecified atom stereocenters. The van der Waals surface area contributed by atoms with Crippen molar-refractivity contribution in [3.05, 3.63) is 59.7 Å². The molecule has 0 spiro atoms. The number of hydrogen-bond acceptors (Lipinski definition) is 4. The number of amides is 3. The van der Waals surface area contributed by atoms with Crippen molar-refractivity contribution in [3.63, 3.8) is 0 Å². The van der Waals surface area contributed by atoms with Gasteiger partial charge in [-0.15, -0.1) is 0 Å². The molecule has 2 aromatic rings. The van der Waals surface area contributed by atoms with E-state index in [1.54, 1.807) is 29.2 Å². The Hall–Kier alpha value is -3.19. The van der Waals surface area contributed by atoms with E-state index in [-0.39, 0.29) is 42.8 Å². The Morgan fingerprint density at radius 2 is 1.26 bits per heavy atom. The third-order valence-electron chi connectivity index (χ3n) is 5.62. The van der Waals surface area contributed by atoms with Gasteiger partial charge < -0.3 is 16.0 Å². The normalized spacial score (nSPS) is 12.0. The molecular formula is C27H38N4O3. The van der Waals surface area contributed by atoms with Gasteiger partial charge in [-0.05, 0) is 53.8 Å². The number of rotatable bonds is 11. The van der Waals surface area contributed by atoms with Crippen molar-refractivity contribution in [2.45, 2.75) is 53.5 Å². The zero-order valence-electron chi connectivity index (χ0n) is 21.1. The maximum absolute atomic E-state index is 12.8. The molecule has 2 rings (SSSR count). The Morgan fingerprint density at radius 1 is 0.765 bits per heavy atom. The standard InChI is InChI=1S/C27H38N4O3/c1-7-31(16-25(33)29-24-14-12-23(13-15-24)28-20(6)32)17-26(34)30-27(19(4)5)22-10-8-21(9-11-22)18(2)3/h8-15,18-19,27H,7,16-17H2,1-6H3,(H,28,32)(H,29,33)(H,30,34). The second-order valence-electron chi connectivity index (χ2n) is 9.22. The van der Waals surface area contributed by atoms with Crippen LogP contribution in [0.15, 0.2) is 48.5 Å². The van der Waals surface area contributed by atoms with Gasteiger partial charge in [-0.2, -0.15) is 0 Å². The highest BCUT2D eigenvalue weighted by molar-refractivity contribution is 5.93. The monoisotopic (exact) mass is 466 g/mol. The highest BCUT2D eigenvalue weighted by Crippen LogP contribution is 2.24. The molecule has 7 heteroatoms. The van der Waals surface area contributed by atoms with E-state index in [9.17, 15) is 14.4 Å². The van der Waals surface area contributed by atoms with Crippen LogP contribution in [-0.2, 0) is 14.4 Å². The zero-order chi connectivity index (χ0) is 25.3. The van der Waals surface area contributed by atoms with Crippen LogP contribution in [0.2, 0.25) is 0 Å². The van der Waals surface area contributed by atoms with Crippen molar-refractivity contribution >= 4 is 29.1 Å². The first kappa shape index (κ1) is 27.1. The van der Waals surface area contributed by atoms with Gasteiger partial charge in [-0.25, -0.2) is 0 Å². The van der Waals surface area contributed by atoms with Gasteiger partial charge in [0.25, 0.3) is 0 Å². The average molecular weight is 467 g/mol. The molecule has 0 aromatic heterocycles. The first-order valence-electron chi connectivity index (χ1n) is 11.9. The van der Waals surface area contributed by atoms with Crippen LogP contribution < -0.4 is 16.0 Å². The fourth-order valence-electron chi connectivity index (χ4n) is 3.67. The molecule has 0 bridgehead atoms. The third-order valence-corrected chi connectivity index (χ3v) is 5.62. The van der Waals surface area contributed by atoms with Crippen LogP contribution in [0, 0.1) is 5.92 Å². The van der Waals surface area contributed by atoms with Crippen molar-refractivity contribution < 1.29 is 14.4 Å². The van der Waals surface area contributed by atoms with E-state index < -0.39 is 0 Å². The lowest BCUT2D eigenvalue weighted by Gasteiger charge is -2.26. The highest BCUT2D eigenvalue weighted by Gasteiger charge is 2.20. The van der Waals surface area contributed by atoms with E-state index in [4.69, 9.17) is 0 Å². The molecule has 0 radical (unpaired) electrons. The molecule has 0 saturated heterocycles. The van der Waals surface area contributed by atoms with Crippen molar-refractivity contribution in [3.8, 4) is 0 Å². The summed E-state index contributed by atoms with van der Waals surface area (Å²) in [6, 6.07) is 15.2. The Balaban J connectivity index is 1.93. The van der Waals surface area contributed by atoms with Crippen LogP contribution in [0.1, 0.15) is 64.6 Å². The summed E-state index contributed by atoms with van der Waals surface area (Å²) in [6.07, 6.45) is 0. The third kappa shape index (κ3) is 8.63. The number of anilines is 2. The van der Waals surface area contributed by atoms with Crippen LogP contribution in [0.3, 0.4) is 0 Å². The second kappa shape index (κ2) is 12.9. The van der Waals surface area contributed by atoms with Crippen molar-refractivity contribution in [2.75, 3.05) is 30.3 Å². The van der Waals surface area contributed by atoms with Gasteiger partial charge in [0, 0.05) is 18.3 Å². The van der Waals surface area contributed by atoms with Crippen molar-refractivity contribution in [2.24, 2.45) is 5.92 Å². The lowest BCUT2D eigenvalue weighted by atomic mass is 9.93. The Morgan fingerprint density at radius 3 is 1.74 bits per heavy atom.